The van der Waals surface area contributed by atoms with E-state index in [0.717, 1.165) is 0 Å². The van der Waals surface area contributed by atoms with Crippen LogP contribution in [0.15, 0.2) is 24.3 Å². The summed E-state index contributed by atoms with van der Waals surface area (Å²) >= 11 is 3.66. The predicted octanol–water partition coefficient (Wildman–Crippen LogP) is 2.35. The summed E-state index contributed by atoms with van der Waals surface area (Å²) in [6.07, 6.45) is 0.509. The Balaban J connectivity index is 2.54. The van der Waals surface area contributed by atoms with Gasteiger partial charge in [0.25, 0.3) is 5.24 Å². The molecular weight excluding hydrogens is 201 g/mol. The quantitative estimate of drug-likeness (QED) is 0.764. The molecule has 0 saturated heterocycles. The monoisotopic (exact) mass is 213 g/mol. The van der Waals surface area contributed by atoms with Gasteiger partial charge >= 0.3 is 0 Å². The smallest absolute Gasteiger partial charge is 0.278 e. The molecule has 76 valence electrons. The van der Waals surface area contributed by atoms with Crippen LogP contribution in [0.4, 0.5) is 9.18 Å². The van der Waals surface area contributed by atoms with Crippen molar-refractivity contribution in [1.82, 2.24) is 4.90 Å². The molecule has 0 bridgehead atoms. The summed E-state index contributed by atoms with van der Waals surface area (Å²) in [5.74, 6) is -0.229. The summed E-state index contributed by atoms with van der Waals surface area (Å²) in [5.41, 5.74) is 0.619. The molecule has 1 amide bonds. The lowest BCUT2D eigenvalue weighted by Crippen LogP contribution is -2.23. The summed E-state index contributed by atoms with van der Waals surface area (Å²) in [7, 11) is 1.64. The van der Waals surface area contributed by atoms with E-state index in [9.17, 15) is 9.18 Å². The molecule has 0 aliphatic carbocycles. The van der Waals surface area contributed by atoms with Crippen LogP contribution in [0.5, 0.6) is 0 Å². The van der Waals surface area contributed by atoms with E-state index >= 15 is 0 Å². The van der Waals surface area contributed by atoms with Gasteiger partial charge in [0.2, 0.25) is 0 Å². The van der Waals surface area contributed by atoms with Crippen molar-refractivity contribution in [2.75, 3.05) is 13.6 Å². The van der Waals surface area contributed by atoms with Crippen molar-refractivity contribution >= 4 is 17.9 Å². The SMILES string of the molecule is CN(CCc1ccccc1F)C(=O)S. The molecule has 1 aromatic carbocycles. The van der Waals surface area contributed by atoms with Gasteiger partial charge in [0, 0.05) is 13.6 Å². The third-order valence-electron chi connectivity index (χ3n) is 2.00. The average Bonchev–Trinajstić information content (AvgIpc) is 2.16. The highest BCUT2D eigenvalue weighted by Gasteiger charge is 2.05. The predicted molar refractivity (Wildman–Crippen MR) is 57.1 cm³/mol. The number of carbonyl (C=O) groups excluding carboxylic acids is 1. The number of halogens is 1. The van der Waals surface area contributed by atoms with Crippen molar-refractivity contribution < 1.29 is 9.18 Å². The molecule has 4 heteroatoms. The van der Waals surface area contributed by atoms with Crippen LogP contribution < -0.4 is 0 Å². The highest BCUT2D eigenvalue weighted by Crippen LogP contribution is 2.07. The van der Waals surface area contributed by atoms with Crippen molar-refractivity contribution in [3.05, 3.63) is 35.6 Å². The van der Waals surface area contributed by atoms with Crippen LogP contribution in [0.3, 0.4) is 0 Å². The molecule has 0 heterocycles. The van der Waals surface area contributed by atoms with Crippen molar-refractivity contribution in [3.8, 4) is 0 Å². The van der Waals surface area contributed by atoms with Crippen molar-refractivity contribution in [2.45, 2.75) is 6.42 Å². The van der Waals surface area contributed by atoms with Gasteiger partial charge in [-0.05, 0) is 18.1 Å². The highest BCUT2D eigenvalue weighted by molar-refractivity contribution is 7.96. The van der Waals surface area contributed by atoms with E-state index in [1.165, 1.54) is 11.0 Å². The standard InChI is InChI=1S/C10H12FNOS/c1-12(10(13)14)7-6-8-4-2-3-5-9(8)11/h2-5H,6-7H2,1H3,(H,13,14). The zero-order valence-electron chi connectivity index (χ0n) is 7.90. The molecule has 0 unspecified atom stereocenters. The van der Waals surface area contributed by atoms with Gasteiger partial charge in [0.05, 0.1) is 0 Å². The van der Waals surface area contributed by atoms with Gasteiger partial charge in [-0.2, -0.15) is 0 Å². The van der Waals surface area contributed by atoms with E-state index in [4.69, 9.17) is 0 Å². The van der Waals surface area contributed by atoms with Crippen LogP contribution in [-0.4, -0.2) is 23.7 Å². The topological polar surface area (TPSA) is 20.3 Å². The number of rotatable bonds is 3. The summed E-state index contributed by atoms with van der Waals surface area (Å²) < 4.78 is 13.1. The molecule has 2 nitrogen and oxygen atoms in total. The Kier molecular flexibility index (Phi) is 3.95. The summed E-state index contributed by atoms with van der Waals surface area (Å²) in [5, 5.41) is -0.304. The van der Waals surface area contributed by atoms with E-state index in [0.29, 0.717) is 18.5 Å². The zero-order chi connectivity index (χ0) is 10.6. The lowest BCUT2D eigenvalue weighted by molar-refractivity contribution is 0.234. The van der Waals surface area contributed by atoms with Gasteiger partial charge in [-0.15, -0.1) is 0 Å². The van der Waals surface area contributed by atoms with Crippen molar-refractivity contribution in [2.24, 2.45) is 0 Å². The average molecular weight is 213 g/mol. The van der Waals surface area contributed by atoms with Gasteiger partial charge in [-0.3, -0.25) is 4.79 Å². The minimum absolute atomic E-state index is 0.229. The molecule has 0 saturated carbocycles. The molecule has 0 aliphatic heterocycles. The van der Waals surface area contributed by atoms with Gasteiger partial charge in [-0.1, -0.05) is 30.8 Å². The fourth-order valence-electron chi connectivity index (χ4n) is 1.08. The maximum Gasteiger partial charge on any atom is 0.278 e. The van der Waals surface area contributed by atoms with E-state index in [2.05, 4.69) is 12.6 Å². The molecule has 0 N–H and O–H groups in total. The molecule has 0 spiro atoms. The molecule has 0 aliphatic rings. The molecule has 0 fully saturated rings. The molecule has 1 aromatic rings. The lowest BCUT2D eigenvalue weighted by Gasteiger charge is -2.13. The van der Waals surface area contributed by atoms with Crippen LogP contribution >= 0.6 is 12.6 Å². The minimum Gasteiger partial charge on any atom is -0.337 e. The summed E-state index contributed by atoms with van der Waals surface area (Å²) in [4.78, 5) is 12.2. The zero-order valence-corrected chi connectivity index (χ0v) is 8.80. The molecule has 0 atom stereocenters. The number of benzene rings is 1. The second-order valence-corrected chi connectivity index (χ2v) is 3.43. The largest absolute Gasteiger partial charge is 0.337 e. The number of hydrogen-bond acceptors (Lipinski definition) is 1. The Morgan fingerprint density at radius 2 is 2.14 bits per heavy atom. The Hall–Kier alpha value is -1.03. The number of likely N-dealkylation sites (N-methyl/N-ethyl adjacent to an activating group) is 1. The Morgan fingerprint density at radius 3 is 2.71 bits per heavy atom. The third kappa shape index (κ3) is 3.03. The lowest BCUT2D eigenvalue weighted by atomic mass is 10.1. The first-order valence-corrected chi connectivity index (χ1v) is 4.73. The molecule has 14 heavy (non-hydrogen) atoms. The van der Waals surface area contributed by atoms with Crippen LogP contribution in [-0.2, 0) is 6.42 Å². The van der Waals surface area contributed by atoms with Crippen molar-refractivity contribution in [3.63, 3.8) is 0 Å². The molecular formula is C10H12FNOS. The first-order chi connectivity index (χ1) is 6.61. The van der Waals surface area contributed by atoms with Crippen LogP contribution in [0.1, 0.15) is 5.56 Å². The van der Waals surface area contributed by atoms with Gasteiger partial charge < -0.3 is 4.90 Å². The number of thiol groups is 1. The second-order valence-electron chi connectivity index (χ2n) is 3.05. The van der Waals surface area contributed by atoms with E-state index < -0.39 is 0 Å². The maximum absolute atomic E-state index is 13.1. The summed E-state index contributed by atoms with van der Waals surface area (Å²) in [6.45, 7) is 0.475. The Morgan fingerprint density at radius 1 is 1.50 bits per heavy atom. The maximum atomic E-state index is 13.1. The fourth-order valence-corrected chi connectivity index (χ4v) is 1.18. The number of amides is 1. The molecule has 1 rings (SSSR count). The van der Waals surface area contributed by atoms with Crippen molar-refractivity contribution in [1.29, 1.82) is 0 Å². The molecule has 0 aromatic heterocycles. The van der Waals surface area contributed by atoms with Gasteiger partial charge in [-0.25, -0.2) is 4.39 Å². The van der Waals surface area contributed by atoms with Crippen LogP contribution in [0.25, 0.3) is 0 Å². The van der Waals surface area contributed by atoms with Gasteiger partial charge in [0.1, 0.15) is 5.82 Å². The first-order valence-electron chi connectivity index (χ1n) is 4.28. The third-order valence-corrected chi connectivity index (χ3v) is 2.34. The number of nitrogens with zero attached hydrogens (tertiary/aromatic N) is 1. The Labute approximate surface area is 88.1 Å². The highest BCUT2D eigenvalue weighted by atomic mass is 32.1. The van der Waals surface area contributed by atoms with Crippen LogP contribution in [0.2, 0.25) is 0 Å². The normalized spacial score (nSPS) is 9.93. The Bertz CT molecular complexity index is 330. The van der Waals surface area contributed by atoms with E-state index in [-0.39, 0.29) is 11.1 Å². The summed E-state index contributed by atoms with van der Waals surface area (Å²) in [6, 6.07) is 6.55. The van der Waals surface area contributed by atoms with Gasteiger partial charge in [0.15, 0.2) is 0 Å². The minimum atomic E-state index is -0.304. The first kappa shape index (κ1) is 11.0. The number of hydrogen-bond donors (Lipinski definition) is 1. The van der Waals surface area contributed by atoms with Crippen LogP contribution in [0, 0.1) is 5.82 Å². The van der Waals surface area contributed by atoms with E-state index in [1.54, 1.807) is 25.2 Å². The molecule has 0 radical (unpaired) electrons. The second kappa shape index (κ2) is 5.00. The van der Waals surface area contributed by atoms with E-state index in [1.807, 2.05) is 0 Å². The number of carbonyl (C=O) groups is 1. The fraction of sp³-hybridized carbons (Fsp3) is 0.300.